The predicted octanol–water partition coefficient (Wildman–Crippen LogP) is 2.43. The van der Waals surface area contributed by atoms with Gasteiger partial charge < -0.3 is 9.47 Å². The molecule has 3 aromatic rings. The van der Waals surface area contributed by atoms with E-state index in [1.165, 1.54) is 6.42 Å². The molecule has 0 saturated carbocycles. The number of piperidine rings is 1. The van der Waals surface area contributed by atoms with E-state index in [2.05, 4.69) is 34.4 Å². The Morgan fingerprint density at radius 3 is 2.65 bits per heavy atom. The van der Waals surface area contributed by atoms with Crippen molar-refractivity contribution >= 4 is 5.82 Å². The second kappa shape index (κ2) is 7.19. The Kier molecular flexibility index (Phi) is 4.60. The first kappa shape index (κ1) is 16.6. The number of aromatic nitrogens is 6. The van der Waals surface area contributed by atoms with Crippen LogP contribution in [0.1, 0.15) is 24.4 Å². The molecule has 7 heteroatoms. The topological polar surface area (TPSA) is 72.6 Å². The maximum Gasteiger partial charge on any atom is 0.147 e. The van der Waals surface area contributed by atoms with Crippen molar-refractivity contribution in [2.24, 2.45) is 13.0 Å². The molecule has 0 aliphatic carbocycles. The summed E-state index contributed by atoms with van der Waals surface area (Å²) in [6.07, 6.45) is 14.0. The predicted molar refractivity (Wildman–Crippen MR) is 99.6 cm³/mol. The third-order valence-corrected chi connectivity index (χ3v) is 5.11. The summed E-state index contributed by atoms with van der Waals surface area (Å²) in [6.45, 7) is 4.00. The number of anilines is 1. The third kappa shape index (κ3) is 3.29. The van der Waals surface area contributed by atoms with Gasteiger partial charge in [0.15, 0.2) is 0 Å². The minimum Gasteiger partial charge on any atom is -0.355 e. The van der Waals surface area contributed by atoms with Gasteiger partial charge in [-0.25, -0.2) is 9.97 Å². The lowest BCUT2D eigenvalue weighted by Crippen LogP contribution is -2.37. The SMILES string of the molecule is Cc1ncc(-c2nccnc2CC2CCCN(c3cnccn3)C2)n1C. The molecule has 0 amide bonds. The lowest BCUT2D eigenvalue weighted by molar-refractivity contribution is 0.408. The van der Waals surface area contributed by atoms with Crippen LogP contribution >= 0.6 is 0 Å². The van der Waals surface area contributed by atoms with E-state index in [0.29, 0.717) is 5.92 Å². The fourth-order valence-corrected chi connectivity index (χ4v) is 3.62. The summed E-state index contributed by atoms with van der Waals surface area (Å²) < 4.78 is 2.07. The molecule has 3 aromatic heterocycles. The van der Waals surface area contributed by atoms with Gasteiger partial charge in [0, 0.05) is 44.9 Å². The molecule has 0 N–H and O–H groups in total. The van der Waals surface area contributed by atoms with Gasteiger partial charge >= 0.3 is 0 Å². The molecule has 0 bridgehead atoms. The van der Waals surface area contributed by atoms with E-state index in [1.807, 2.05) is 26.4 Å². The van der Waals surface area contributed by atoms with Crippen molar-refractivity contribution < 1.29 is 0 Å². The number of aryl methyl sites for hydroxylation is 1. The van der Waals surface area contributed by atoms with Crippen LogP contribution in [0.4, 0.5) is 5.82 Å². The third-order valence-electron chi connectivity index (χ3n) is 5.11. The maximum atomic E-state index is 4.65. The van der Waals surface area contributed by atoms with Gasteiger partial charge in [-0.3, -0.25) is 15.0 Å². The highest BCUT2D eigenvalue weighted by Gasteiger charge is 2.23. The summed E-state index contributed by atoms with van der Waals surface area (Å²) in [5.74, 6) is 2.46. The minimum absolute atomic E-state index is 0.524. The van der Waals surface area contributed by atoms with Crippen molar-refractivity contribution in [1.82, 2.24) is 29.5 Å². The quantitative estimate of drug-likeness (QED) is 0.720. The van der Waals surface area contributed by atoms with Gasteiger partial charge in [-0.05, 0) is 32.1 Å². The fourth-order valence-electron chi connectivity index (χ4n) is 3.62. The summed E-state index contributed by atoms with van der Waals surface area (Å²) in [6, 6.07) is 0. The molecule has 0 radical (unpaired) electrons. The Bertz CT molecular complexity index is 875. The van der Waals surface area contributed by atoms with Crippen LogP contribution in [0.3, 0.4) is 0 Å². The first-order valence-electron chi connectivity index (χ1n) is 9.02. The molecule has 26 heavy (non-hydrogen) atoms. The van der Waals surface area contributed by atoms with Crippen LogP contribution in [0, 0.1) is 12.8 Å². The summed E-state index contributed by atoms with van der Waals surface area (Å²) >= 11 is 0. The Morgan fingerprint density at radius 2 is 1.88 bits per heavy atom. The summed E-state index contributed by atoms with van der Waals surface area (Å²) in [7, 11) is 2.02. The van der Waals surface area contributed by atoms with Crippen molar-refractivity contribution in [3.63, 3.8) is 0 Å². The van der Waals surface area contributed by atoms with Gasteiger partial charge in [0.05, 0.1) is 23.8 Å². The lowest BCUT2D eigenvalue weighted by atomic mass is 9.92. The molecule has 1 aliphatic rings. The van der Waals surface area contributed by atoms with E-state index in [0.717, 1.165) is 54.7 Å². The van der Waals surface area contributed by atoms with Crippen molar-refractivity contribution in [3.05, 3.63) is 48.7 Å². The number of nitrogens with zero attached hydrogens (tertiary/aromatic N) is 7. The first-order valence-corrected chi connectivity index (χ1v) is 9.02. The number of rotatable bonds is 4. The smallest absolute Gasteiger partial charge is 0.147 e. The van der Waals surface area contributed by atoms with Crippen LogP contribution in [0.25, 0.3) is 11.4 Å². The molecule has 1 saturated heterocycles. The van der Waals surface area contributed by atoms with Crippen molar-refractivity contribution in [2.75, 3.05) is 18.0 Å². The van der Waals surface area contributed by atoms with Crippen LogP contribution < -0.4 is 4.90 Å². The standard InChI is InChI=1S/C19H23N7/c1-14-24-11-17(25(14)2)19-16(21-7-8-23-19)10-15-4-3-9-26(13-15)18-12-20-5-6-22-18/h5-8,11-12,15H,3-4,9-10,13H2,1-2H3. The number of hydrogen-bond donors (Lipinski definition) is 0. The lowest BCUT2D eigenvalue weighted by Gasteiger charge is -2.33. The van der Waals surface area contributed by atoms with Crippen LogP contribution in [0.2, 0.25) is 0 Å². The Morgan fingerprint density at radius 1 is 1.04 bits per heavy atom. The van der Waals surface area contributed by atoms with Gasteiger partial charge in [0.1, 0.15) is 17.3 Å². The van der Waals surface area contributed by atoms with Crippen molar-refractivity contribution in [3.8, 4) is 11.4 Å². The summed E-state index contributed by atoms with van der Waals surface area (Å²) in [4.78, 5) is 24.6. The van der Waals surface area contributed by atoms with E-state index >= 15 is 0 Å². The van der Waals surface area contributed by atoms with E-state index < -0.39 is 0 Å². The molecule has 1 unspecified atom stereocenters. The molecular weight excluding hydrogens is 326 g/mol. The fraction of sp³-hybridized carbons (Fsp3) is 0.421. The number of hydrogen-bond acceptors (Lipinski definition) is 6. The van der Waals surface area contributed by atoms with Gasteiger partial charge in [0.25, 0.3) is 0 Å². The Balaban J connectivity index is 1.55. The van der Waals surface area contributed by atoms with Crippen molar-refractivity contribution in [1.29, 1.82) is 0 Å². The van der Waals surface area contributed by atoms with Gasteiger partial charge in [-0.15, -0.1) is 0 Å². The normalized spacial score (nSPS) is 17.5. The Labute approximate surface area is 153 Å². The molecular formula is C19H23N7. The second-order valence-electron chi connectivity index (χ2n) is 6.82. The summed E-state index contributed by atoms with van der Waals surface area (Å²) in [5.41, 5.74) is 3.00. The number of imidazole rings is 1. The monoisotopic (exact) mass is 349 g/mol. The molecule has 1 aliphatic heterocycles. The zero-order valence-corrected chi connectivity index (χ0v) is 15.2. The summed E-state index contributed by atoms with van der Waals surface area (Å²) in [5, 5.41) is 0. The molecule has 1 fully saturated rings. The highest BCUT2D eigenvalue weighted by Crippen LogP contribution is 2.27. The zero-order valence-electron chi connectivity index (χ0n) is 15.2. The maximum absolute atomic E-state index is 4.65. The highest BCUT2D eigenvalue weighted by molar-refractivity contribution is 5.57. The van der Waals surface area contributed by atoms with Crippen LogP contribution in [0.5, 0.6) is 0 Å². The highest BCUT2D eigenvalue weighted by atomic mass is 15.2. The molecule has 0 spiro atoms. The second-order valence-corrected chi connectivity index (χ2v) is 6.82. The molecule has 0 aromatic carbocycles. The Hall–Kier alpha value is -2.83. The molecule has 4 heterocycles. The van der Waals surface area contributed by atoms with E-state index in [-0.39, 0.29) is 0 Å². The van der Waals surface area contributed by atoms with Gasteiger partial charge in [0.2, 0.25) is 0 Å². The first-order chi connectivity index (χ1) is 12.7. The van der Waals surface area contributed by atoms with Gasteiger partial charge in [-0.1, -0.05) is 0 Å². The minimum atomic E-state index is 0.524. The van der Waals surface area contributed by atoms with E-state index in [1.54, 1.807) is 24.8 Å². The van der Waals surface area contributed by atoms with Crippen LogP contribution in [0.15, 0.2) is 37.2 Å². The van der Waals surface area contributed by atoms with E-state index in [9.17, 15) is 0 Å². The molecule has 134 valence electrons. The largest absolute Gasteiger partial charge is 0.355 e. The zero-order chi connectivity index (χ0) is 17.9. The van der Waals surface area contributed by atoms with Crippen LogP contribution in [-0.4, -0.2) is 42.6 Å². The van der Waals surface area contributed by atoms with Crippen molar-refractivity contribution in [2.45, 2.75) is 26.2 Å². The molecule has 1 atom stereocenters. The van der Waals surface area contributed by atoms with E-state index in [4.69, 9.17) is 0 Å². The molecule has 4 rings (SSSR count). The molecule has 7 nitrogen and oxygen atoms in total. The van der Waals surface area contributed by atoms with Gasteiger partial charge in [-0.2, -0.15) is 0 Å². The average molecular weight is 349 g/mol. The average Bonchev–Trinajstić information content (AvgIpc) is 3.02. The van der Waals surface area contributed by atoms with Crippen LogP contribution in [-0.2, 0) is 13.5 Å².